The molecule has 0 radical (unpaired) electrons. The van der Waals surface area contributed by atoms with Crippen LogP contribution in [0.3, 0.4) is 0 Å². The number of hydrogen-bond donors (Lipinski definition) is 2. The molecule has 1 amide bonds. The zero-order valence-corrected chi connectivity index (χ0v) is 13.6. The zero-order valence-electron chi connectivity index (χ0n) is 12.0. The van der Waals surface area contributed by atoms with E-state index < -0.39 is 10.8 Å². The Morgan fingerprint density at radius 2 is 2.09 bits per heavy atom. The van der Waals surface area contributed by atoms with Gasteiger partial charge in [-0.2, -0.15) is 5.10 Å². The van der Waals surface area contributed by atoms with Crippen LogP contribution in [0.2, 0.25) is 0 Å². The van der Waals surface area contributed by atoms with E-state index in [0.29, 0.717) is 11.1 Å². The lowest BCUT2D eigenvalue weighted by molar-refractivity contribution is -0.385. The summed E-state index contributed by atoms with van der Waals surface area (Å²) < 4.78 is 0.747. The Hall–Kier alpha value is -2.74. The molecule has 0 atom stereocenters. The number of nitrogens with one attached hydrogen (secondary N) is 1. The van der Waals surface area contributed by atoms with Gasteiger partial charge >= 0.3 is 0 Å². The fraction of sp³-hybridized carbons (Fsp3) is 0.0667. The quantitative estimate of drug-likeness (QED) is 0.484. The van der Waals surface area contributed by atoms with Crippen molar-refractivity contribution in [3.8, 4) is 5.75 Å². The molecule has 2 aromatic rings. The van der Waals surface area contributed by atoms with Crippen molar-refractivity contribution in [1.82, 2.24) is 5.43 Å². The Morgan fingerprint density at radius 3 is 2.78 bits per heavy atom. The van der Waals surface area contributed by atoms with E-state index in [1.54, 1.807) is 19.1 Å². The van der Waals surface area contributed by atoms with Gasteiger partial charge in [-0.05, 0) is 31.2 Å². The Balaban J connectivity index is 2.13. The second-order valence-corrected chi connectivity index (χ2v) is 5.58. The Kier molecular flexibility index (Phi) is 5.07. The largest absolute Gasteiger partial charge is 0.507 e. The highest BCUT2D eigenvalue weighted by Gasteiger charge is 2.14. The molecule has 2 aromatic carbocycles. The van der Waals surface area contributed by atoms with E-state index in [9.17, 15) is 20.0 Å². The predicted molar refractivity (Wildman–Crippen MR) is 88.7 cm³/mol. The lowest BCUT2D eigenvalue weighted by atomic mass is 10.1. The van der Waals surface area contributed by atoms with Crippen molar-refractivity contribution < 1.29 is 14.8 Å². The number of phenolic OH excluding ortho intramolecular Hbond substituents is 1. The predicted octanol–water partition coefficient (Wildman–Crippen LogP) is 3.14. The van der Waals surface area contributed by atoms with Gasteiger partial charge in [-0.25, -0.2) is 5.43 Å². The SMILES string of the molecule is Cc1ccc(C(=O)NN=Cc2cc(Br)ccc2O)cc1[N+](=O)[O-]. The molecule has 8 heteroatoms. The monoisotopic (exact) mass is 377 g/mol. The maximum atomic E-state index is 12.0. The van der Waals surface area contributed by atoms with E-state index in [1.165, 1.54) is 30.5 Å². The lowest BCUT2D eigenvalue weighted by Crippen LogP contribution is -2.17. The first-order valence-electron chi connectivity index (χ1n) is 6.45. The average molecular weight is 378 g/mol. The molecule has 2 N–H and O–H groups in total. The molecule has 118 valence electrons. The molecular formula is C15H12BrN3O4. The van der Waals surface area contributed by atoms with Crippen LogP contribution in [-0.4, -0.2) is 22.2 Å². The van der Waals surface area contributed by atoms with E-state index in [1.807, 2.05) is 0 Å². The molecule has 0 aliphatic carbocycles. The number of nitrogens with zero attached hydrogens (tertiary/aromatic N) is 2. The molecule has 0 fully saturated rings. The molecule has 2 rings (SSSR count). The van der Waals surface area contributed by atoms with E-state index >= 15 is 0 Å². The number of nitro groups is 1. The van der Waals surface area contributed by atoms with Crippen LogP contribution >= 0.6 is 15.9 Å². The van der Waals surface area contributed by atoms with Crippen molar-refractivity contribution in [2.45, 2.75) is 6.92 Å². The number of carbonyl (C=O) groups excluding carboxylic acids is 1. The Morgan fingerprint density at radius 1 is 1.35 bits per heavy atom. The van der Waals surface area contributed by atoms with Gasteiger partial charge in [0.25, 0.3) is 11.6 Å². The fourth-order valence-corrected chi connectivity index (χ4v) is 2.18. The summed E-state index contributed by atoms with van der Waals surface area (Å²) >= 11 is 3.26. The van der Waals surface area contributed by atoms with Crippen molar-refractivity contribution in [1.29, 1.82) is 0 Å². The minimum absolute atomic E-state index is 0.0113. The number of benzene rings is 2. The van der Waals surface area contributed by atoms with Gasteiger partial charge in [0, 0.05) is 27.2 Å². The van der Waals surface area contributed by atoms with Crippen LogP contribution < -0.4 is 5.43 Å². The third-order valence-corrected chi connectivity index (χ3v) is 3.52. The number of halogens is 1. The van der Waals surface area contributed by atoms with E-state index in [-0.39, 0.29) is 17.0 Å². The summed E-state index contributed by atoms with van der Waals surface area (Å²) in [5, 5.41) is 24.3. The summed E-state index contributed by atoms with van der Waals surface area (Å²) in [6.07, 6.45) is 1.28. The third kappa shape index (κ3) is 4.13. The summed E-state index contributed by atoms with van der Waals surface area (Å²) in [4.78, 5) is 22.3. The summed E-state index contributed by atoms with van der Waals surface area (Å²) in [5.41, 5.74) is 3.13. The topological polar surface area (TPSA) is 105 Å². The van der Waals surface area contributed by atoms with Crippen molar-refractivity contribution in [2.75, 3.05) is 0 Å². The molecule has 0 aromatic heterocycles. The van der Waals surface area contributed by atoms with Gasteiger partial charge < -0.3 is 5.11 Å². The lowest BCUT2D eigenvalue weighted by Gasteiger charge is -2.02. The minimum Gasteiger partial charge on any atom is -0.507 e. The van der Waals surface area contributed by atoms with E-state index in [0.717, 1.165) is 4.47 Å². The number of aromatic hydroxyl groups is 1. The molecule has 0 saturated carbocycles. The molecule has 0 unspecified atom stereocenters. The molecule has 0 aliphatic rings. The molecule has 0 saturated heterocycles. The third-order valence-electron chi connectivity index (χ3n) is 3.03. The number of hydrazone groups is 1. The summed E-state index contributed by atoms with van der Waals surface area (Å²) in [7, 11) is 0. The maximum absolute atomic E-state index is 12.0. The maximum Gasteiger partial charge on any atom is 0.273 e. The van der Waals surface area contributed by atoms with Gasteiger partial charge in [0.15, 0.2) is 0 Å². The number of aryl methyl sites for hydroxylation is 1. The highest BCUT2D eigenvalue weighted by atomic mass is 79.9. The van der Waals surface area contributed by atoms with Crippen LogP contribution in [0.4, 0.5) is 5.69 Å². The number of nitro benzene ring substituents is 1. The number of rotatable bonds is 4. The van der Waals surface area contributed by atoms with Gasteiger partial charge in [0.2, 0.25) is 0 Å². The average Bonchev–Trinajstić information content (AvgIpc) is 2.50. The van der Waals surface area contributed by atoms with Crippen molar-refractivity contribution in [3.63, 3.8) is 0 Å². The number of carbonyl (C=O) groups is 1. The van der Waals surface area contributed by atoms with Crippen LogP contribution in [0, 0.1) is 17.0 Å². The first-order valence-corrected chi connectivity index (χ1v) is 7.25. The standard InChI is InChI=1S/C15H12BrN3O4/c1-9-2-3-10(7-13(9)19(22)23)15(21)18-17-8-11-6-12(16)4-5-14(11)20/h2-8,20H,1H3,(H,18,21). The molecule has 7 nitrogen and oxygen atoms in total. The smallest absolute Gasteiger partial charge is 0.273 e. The van der Waals surface area contributed by atoms with Gasteiger partial charge in [-0.1, -0.05) is 22.0 Å². The molecule has 0 bridgehead atoms. The minimum atomic E-state index is -0.584. The van der Waals surface area contributed by atoms with E-state index in [2.05, 4.69) is 26.5 Å². The summed E-state index contributed by atoms with van der Waals surface area (Å²) in [6.45, 7) is 1.59. The van der Waals surface area contributed by atoms with Gasteiger partial charge in [0.05, 0.1) is 11.1 Å². The van der Waals surface area contributed by atoms with Crippen molar-refractivity contribution in [2.24, 2.45) is 5.10 Å². The molecule has 0 aliphatic heterocycles. The second kappa shape index (κ2) is 7.01. The van der Waals surface area contributed by atoms with Crippen LogP contribution in [0.25, 0.3) is 0 Å². The van der Waals surface area contributed by atoms with Crippen LogP contribution in [-0.2, 0) is 0 Å². The summed E-state index contributed by atoms with van der Waals surface area (Å²) in [5.74, 6) is -0.573. The molecule has 0 spiro atoms. The Bertz CT molecular complexity index is 805. The van der Waals surface area contributed by atoms with Crippen LogP contribution in [0.1, 0.15) is 21.5 Å². The number of amides is 1. The molecule has 0 heterocycles. The highest BCUT2D eigenvalue weighted by molar-refractivity contribution is 9.10. The van der Waals surface area contributed by atoms with Gasteiger partial charge in [-0.15, -0.1) is 0 Å². The highest BCUT2D eigenvalue weighted by Crippen LogP contribution is 2.20. The zero-order chi connectivity index (χ0) is 17.0. The number of phenols is 1. The molecular weight excluding hydrogens is 366 g/mol. The fourth-order valence-electron chi connectivity index (χ4n) is 1.80. The first-order chi connectivity index (χ1) is 10.9. The second-order valence-electron chi connectivity index (χ2n) is 4.66. The van der Waals surface area contributed by atoms with Gasteiger partial charge in [-0.3, -0.25) is 14.9 Å². The summed E-state index contributed by atoms with van der Waals surface area (Å²) in [6, 6.07) is 8.94. The van der Waals surface area contributed by atoms with Crippen LogP contribution in [0.15, 0.2) is 46.0 Å². The van der Waals surface area contributed by atoms with Crippen LogP contribution in [0.5, 0.6) is 5.75 Å². The van der Waals surface area contributed by atoms with Gasteiger partial charge in [0.1, 0.15) is 5.75 Å². The van der Waals surface area contributed by atoms with E-state index in [4.69, 9.17) is 0 Å². The normalized spacial score (nSPS) is 10.7. The number of hydrogen-bond acceptors (Lipinski definition) is 5. The first kappa shape index (κ1) is 16.6. The van der Waals surface area contributed by atoms with Crippen molar-refractivity contribution >= 4 is 33.7 Å². The Labute approximate surface area is 139 Å². The molecule has 23 heavy (non-hydrogen) atoms. The van der Waals surface area contributed by atoms with Crippen molar-refractivity contribution in [3.05, 3.63) is 67.7 Å².